The van der Waals surface area contributed by atoms with E-state index in [1.807, 2.05) is 30.3 Å². The van der Waals surface area contributed by atoms with Gasteiger partial charge < -0.3 is 4.98 Å². The van der Waals surface area contributed by atoms with Gasteiger partial charge in [0.15, 0.2) is 5.82 Å². The van der Waals surface area contributed by atoms with Crippen LogP contribution in [0.4, 0.5) is 0 Å². The van der Waals surface area contributed by atoms with E-state index in [2.05, 4.69) is 16.0 Å². The van der Waals surface area contributed by atoms with Crippen molar-refractivity contribution in [2.45, 2.75) is 17.7 Å². The van der Waals surface area contributed by atoms with Crippen molar-refractivity contribution in [3.8, 4) is 23.0 Å². The zero-order valence-electron chi connectivity index (χ0n) is 21.4. The molecule has 0 aliphatic carbocycles. The van der Waals surface area contributed by atoms with Crippen LogP contribution in [0.2, 0.25) is 0 Å². The summed E-state index contributed by atoms with van der Waals surface area (Å²) in [6.45, 7) is 1.06. The van der Waals surface area contributed by atoms with Crippen LogP contribution in [0.3, 0.4) is 0 Å². The molecule has 0 amide bonds. The minimum Gasteiger partial charge on any atom is -0.305 e. The SMILES string of the molecule is N#CC(=Cc1cn(-c2ccccc2)nc1-c1ccc(S(=O)(=O)N2CCCC2)cc1)c1nc2ccccc2c(=O)[nH]1. The molecule has 0 bridgehead atoms. The third kappa shape index (κ3) is 4.73. The molecule has 10 heteroatoms. The van der Waals surface area contributed by atoms with E-state index in [0.717, 1.165) is 18.5 Å². The number of hydrogen-bond acceptors (Lipinski definition) is 6. The Labute approximate surface area is 230 Å². The lowest BCUT2D eigenvalue weighted by atomic mass is 10.1. The normalized spacial score (nSPS) is 14.4. The molecule has 1 aliphatic heterocycles. The Morgan fingerprint density at radius 1 is 0.950 bits per heavy atom. The van der Waals surface area contributed by atoms with Crippen LogP contribution >= 0.6 is 0 Å². The molecule has 1 saturated heterocycles. The molecule has 1 aliphatic rings. The first-order valence-electron chi connectivity index (χ1n) is 12.8. The topological polar surface area (TPSA) is 125 Å². The fourth-order valence-electron chi connectivity index (χ4n) is 4.82. The van der Waals surface area contributed by atoms with Crippen molar-refractivity contribution in [1.29, 1.82) is 5.26 Å². The summed E-state index contributed by atoms with van der Waals surface area (Å²) in [7, 11) is -3.56. The third-order valence-corrected chi connectivity index (χ3v) is 8.79. The van der Waals surface area contributed by atoms with E-state index in [1.165, 1.54) is 4.31 Å². The maximum absolute atomic E-state index is 13.0. The van der Waals surface area contributed by atoms with Gasteiger partial charge in [0.1, 0.15) is 6.07 Å². The highest BCUT2D eigenvalue weighted by Crippen LogP contribution is 2.29. The van der Waals surface area contributed by atoms with Gasteiger partial charge in [0.25, 0.3) is 5.56 Å². The van der Waals surface area contributed by atoms with E-state index in [1.54, 1.807) is 65.5 Å². The van der Waals surface area contributed by atoms with E-state index >= 15 is 0 Å². The van der Waals surface area contributed by atoms with Crippen LogP contribution in [0.25, 0.3) is 39.5 Å². The lowest BCUT2D eigenvalue weighted by Crippen LogP contribution is -2.27. The number of sulfonamides is 1. The Bertz CT molecular complexity index is 1950. The number of aromatic amines is 1. The summed E-state index contributed by atoms with van der Waals surface area (Å²) in [5.41, 5.74) is 2.95. The van der Waals surface area contributed by atoms with Crippen LogP contribution in [0.5, 0.6) is 0 Å². The van der Waals surface area contributed by atoms with Gasteiger partial charge in [0.05, 0.1) is 32.8 Å². The van der Waals surface area contributed by atoms with Crippen LogP contribution in [0.1, 0.15) is 24.2 Å². The number of para-hydroxylation sites is 2. The van der Waals surface area contributed by atoms with Gasteiger partial charge in [-0.05, 0) is 55.3 Å². The highest BCUT2D eigenvalue weighted by atomic mass is 32.2. The predicted molar refractivity (Wildman–Crippen MR) is 153 cm³/mol. The summed E-state index contributed by atoms with van der Waals surface area (Å²) in [4.78, 5) is 20.1. The van der Waals surface area contributed by atoms with Crippen LogP contribution in [0.15, 0.2) is 94.7 Å². The number of nitrogens with one attached hydrogen (secondary N) is 1. The number of nitrogens with zero attached hydrogens (tertiary/aromatic N) is 5. The minimum atomic E-state index is -3.56. The van der Waals surface area contributed by atoms with Crippen molar-refractivity contribution in [2.75, 3.05) is 13.1 Å². The van der Waals surface area contributed by atoms with Crippen molar-refractivity contribution in [2.24, 2.45) is 0 Å². The van der Waals surface area contributed by atoms with E-state index in [4.69, 9.17) is 5.10 Å². The summed E-state index contributed by atoms with van der Waals surface area (Å²) >= 11 is 0. The molecule has 1 fully saturated rings. The molecule has 198 valence electrons. The molecular formula is C30H24N6O3S. The van der Waals surface area contributed by atoms with Gasteiger partial charge >= 0.3 is 0 Å². The fourth-order valence-corrected chi connectivity index (χ4v) is 6.33. The van der Waals surface area contributed by atoms with Crippen LogP contribution in [-0.4, -0.2) is 45.6 Å². The number of aromatic nitrogens is 4. The van der Waals surface area contributed by atoms with Crippen molar-refractivity contribution in [3.05, 3.63) is 107 Å². The highest BCUT2D eigenvalue weighted by Gasteiger charge is 2.27. The van der Waals surface area contributed by atoms with Gasteiger partial charge in [-0.15, -0.1) is 0 Å². The molecule has 3 heterocycles. The Kier molecular flexibility index (Phi) is 6.59. The average molecular weight is 549 g/mol. The molecule has 2 aromatic heterocycles. The number of fused-ring (bicyclic) bond motifs is 1. The monoisotopic (exact) mass is 548 g/mol. The van der Waals surface area contributed by atoms with Crippen LogP contribution in [-0.2, 0) is 10.0 Å². The quantitative estimate of drug-likeness (QED) is 0.309. The minimum absolute atomic E-state index is 0.150. The van der Waals surface area contributed by atoms with Crippen molar-refractivity contribution in [3.63, 3.8) is 0 Å². The van der Waals surface area contributed by atoms with Gasteiger partial charge in [-0.1, -0.05) is 42.5 Å². The van der Waals surface area contributed by atoms with Gasteiger partial charge in [-0.2, -0.15) is 14.7 Å². The zero-order valence-corrected chi connectivity index (χ0v) is 22.2. The lowest BCUT2D eigenvalue weighted by Gasteiger charge is -2.15. The van der Waals surface area contributed by atoms with Crippen LogP contribution < -0.4 is 5.56 Å². The highest BCUT2D eigenvalue weighted by molar-refractivity contribution is 7.89. The number of hydrogen-bond donors (Lipinski definition) is 1. The molecule has 0 saturated carbocycles. The van der Waals surface area contributed by atoms with E-state index < -0.39 is 10.0 Å². The number of allylic oxidation sites excluding steroid dienone is 1. The second-order valence-electron chi connectivity index (χ2n) is 9.45. The summed E-state index contributed by atoms with van der Waals surface area (Å²) in [5, 5.41) is 15.3. The first-order chi connectivity index (χ1) is 19.4. The van der Waals surface area contributed by atoms with E-state index in [-0.39, 0.29) is 21.9 Å². The fraction of sp³-hybridized carbons (Fsp3) is 0.133. The Morgan fingerprint density at radius 2 is 1.65 bits per heavy atom. The summed E-state index contributed by atoms with van der Waals surface area (Å²) in [6, 6.07) is 25.2. The molecule has 6 rings (SSSR count). The third-order valence-electron chi connectivity index (χ3n) is 6.88. The summed E-state index contributed by atoms with van der Waals surface area (Å²) < 4.78 is 29.3. The Balaban J connectivity index is 1.45. The molecular weight excluding hydrogens is 524 g/mol. The first-order valence-corrected chi connectivity index (χ1v) is 14.2. The van der Waals surface area contributed by atoms with Gasteiger partial charge in [0, 0.05) is 30.4 Å². The molecule has 9 nitrogen and oxygen atoms in total. The average Bonchev–Trinajstić information content (AvgIpc) is 3.68. The molecule has 3 aromatic carbocycles. The van der Waals surface area contributed by atoms with Crippen LogP contribution in [0, 0.1) is 11.3 Å². The van der Waals surface area contributed by atoms with Gasteiger partial charge in [0.2, 0.25) is 10.0 Å². The van der Waals surface area contributed by atoms with Gasteiger partial charge in [-0.25, -0.2) is 18.1 Å². The molecule has 0 spiro atoms. The zero-order chi connectivity index (χ0) is 27.7. The van der Waals surface area contributed by atoms with Crippen molar-refractivity contribution < 1.29 is 8.42 Å². The largest absolute Gasteiger partial charge is 0.305 e. The van der Waals surface area contributed by atoms with E-state index in [0.29, 0.717) is 40.8 Å². The van der Waals surface area contributed by atoms with E-state index in [9.17, 15) is 18.5 Å². The Hall–Kier alpha value is -4.85. The van der Waals surface area contributed by atoms with Gasteiger partial charge in [-0.3, -0.25) is 4.79 Å². The van der Waals surface area contributed by atoms with Crippen molar-refractivity contribution in [1.82, 2.24) is 24.1 Å². The predicted octanol–water partition coefficient (Wildman–Crippen LogP) is 4.62. The van der Waals surface area contributed by atoms with Crippen molar-refractivity contribution >= 4 is 32.6 Å². The maximum atomic E-state index is 13.0. The molecule has 5 aromatic rings. The molecule has 0 atom stereocenters. The second-order valence-corrected chi connectivity index (χ2v) is 11.4. The Morgan fingerprint density at radius 3 is 2.38 bits per heavy atom. The standard InChI is InChI=1S/C30H24N6O3S/c31-19-22(29-32-27-11-5-4-10-26(27)30(37)33-29)18-23-20-36(24-8-2-1-3-9-24)34-28(23)21-12-14-25(15-13-21)40(38,39)35-16-6-7-17-35/h1-5,8-15,18,20H,6-7,16-17H2,(H,32,33,37). The maximum Gasteiger partial charge on any atom is 0.259 e. The molecule has 40 heavy (non-hydrogen) atoms. The first kappa shape index (κ1) is 25.4. The summed E-state index contributed by atoms with van der Waals surface area (Å²) in [6.07, 6.45) is 5.14. The molecule has 1 N–H and O–H groups in total. The lowest BCUT2D eigenvalue weighted by molar-refractivity contribution is 0.477. The number of benzene rings is 3. The number of H-pyrrole nitrogens is 1. The summed E-state index contributed by atoms with van der Waals surface area (Å²) in [5.74, 6) is 0.150. The second kappa shape index (κ2) is 10.4. The number of nitriles is 1. The molecule has 0 unspecified atom stereocenters. The number of rotatable bonds is 6. The smallest absolute Gasteiger partial charge is 0.259 e. The molecule has 0 radical (unpaired) electrons.